The molecule has 6 nitrogen and oxygen atoms in total. The molecular formula is C16H18N6. The van der Waals surface area contributed by atoms with E-state index in [-0.39, 0.29) is 0 Å². The highest BCUT2D eigenvalue weighted by Crippen LogP contribution is 2.21. The fourth-order valence-corrected chi connectivity index (χ4v) is 2.67. The zero-order valence-electron chi connectivity index (χ0n) is 12.3. The minimum atomic E-state index is 0.438. The minimum absolute atomic E-state index is 0.438. The van der Waals surface area contributed by atoms with Crippen LogP contribution < -0.4 is 10.6 Å². The summed E-state index contributed by atoms with van der Waals surface area (Å²) in [7, 11) is 0. The average Bonchev–Trinajstić information content (AvgIpc) is 2.56. The van der Waals surface area contributed by atoms with Crippen molar-refractivity contribution in [2.24, 2.45) is 0 Å². The van der Waals surface area contributed by atoms with E-state index < -0.39 is 0 Å². The summed E-state index contributed by atoms with van der Waals surface area (Å²) in [5.74, 6) is 1.16. The molecular weight excluding hydrogens is 276 g/mol. The van der Waals surface area contributed by atoms with E-state index in [2.05, 4.69) is 31.9 Å². The molecule has 0 unspecified atom stereocenters. The SMILES string of the molecule is N#Cc1cccc(Nc2cnnc(NC3CCCCC3)n2)c1. The van der Waals surface area contributed by atoms with Gasteiger partial charge in [-0.3, -0.25) is 0 Å². The molecule has 1 saturated carbocycles. The van der Waals surface area contributed by atoms with Crippen LogP contribution in [0.25, 0.3) is 0 Å². The summed E-state index contributed by atoms with van der Waals surface area (Å²) in [5.41, 5.74) is 1.41. The second kappa shape index (κ2) is 6.85. The molecule has 0 radical (unpaired) electrons. The molecule has 112 valence electrons. The molecule has 1 aliphatic carbocycles. The predicted octanol–water partition coefficient (Wildman–Crippen LogP) is 3.23. The van der Waals surface area contributed by atoms with Gasteiger partial charge in [0.2, 0.25) is 5.95 Å². The van der Waals surface area contributed by atoms with Crippen molar-refractivity contribution in [3.05, 3.63) is 36.0 Å². The Bertz CT molecular complexity index is 672. The van der Waals surface area contributed by atoms with Gasteiger partial charge in [-0.25, -0.2) is 0 Å². The molecule has 0 amide bonds. The molecule has 22 heavy (non-hydrogen) atoms. The number of benzene rings is 1. The molecule has 0 atom stereocenters. The summed E-state index contributed by atoms with van der Waals surface area (Å²) >= 11 is 0. The highest BCUT2D eigenvalue weighted by atomic mass is 15.3. The molecule has 0 spiro atoms. The number of nitrogens with zero attached hydrogens (tertiary/aromatic N) is 4. The minimum Gasteiger partial charge on any atom is -0.350 e. The molecule has 1 aromatic carbocycles. The van der Waals surface area contributed by atoms with Crippen molar-refractivity contribution in [1.29, 1.82) is 5.26 Å². The van der Waals surface area contributed by atoms with Gasteiger partial charge in [-0.2, -0.15) is 15.3 Å². The van der Waals surface area contributed by atoms with Crippen molar-refractivity contribution < 1.29 is 0 Å². The van der Waals surface area contributed by atoms with Gasteiger partial charge in [-0.1, -0.05) is 25.3 Å². The molecule has 1 heterocycles. The van der Waals surface area contributed by atoms with Gasteiger partial charge in [0.1, 0.15) is 0 Å². The number of nitrogens with one attached hydrogen (secondary N) is 2. The van der Waals surface area contributed by atoms with Gasteiger partial charge < -0.3 is 10.6 Å². The Labute approximate surface area is 129 Å². The molecule has 1 aromatic heterocycles. The zero-order valence-corrected chi connectivity index (χ0v) is 12.3. The molecule has 0 saturated heterocycles. The lowest BCUT2D eigenvalue weighted by atomic mass is 9.96. The van der Waals surface area contributed by atoms with Crippen molar-refractivity contribution in [3.63, 3.8) is 0 Å². The van der Waals surface area contributed by atoms with Gasteiger partial charge in [0.25, 0.3) is 0 Å². The second-order valence-corrected chi connectivity index (χ2v) is 5.46. The first-order chi connectivity index (χ1) is 10.8. The smallest absolute Gasteiger partial charge is 0.244 e. The molecule has 2 aromatic rings. The number of hydrogen-bond donors (Lipinski definition) is 2. The molecule has 1 fully saturated rings. The molecule has 0 aliphatic heterocycles. The topological polar surface area (TPSA) is 86.5 Å². The largest absolute Gasteiger partial charge is 0.350 e. The van der Waals surface area contributed by atoms with Crippen molar-refractivity contribution in [3.8, 4) is 6.07 Å². The Morgan fingerprint density at radius 1 is 1.18 bits per heavy atom. The van der Waals surface area contributed by atoms with E-state index >= 15 is 0 Å². The maximum Gasteiger partial charge on any atom is 0.244 e. The van der Waals surface area contributed by atoms with E-state index in [1.807, 2.05) is 12.1 Å². The second-order valence-electron chi connectivity index (χ2n) is 5.46. The first-order valence-electron chi connectivity index (χ1n) is 7.57. The van der Waals surface area contributed by atoms with E-state index in [0.717, 1.165) is 18.5 Å². The molecule has 6 heteroatoms. The van der Waals surface area contributed by atoms with Crippen LogP contribution in [-0.4, -0.2) is 21.2 Å². The summed E-state index contributed by atoms with van der Waals surface area (Å²) in [6.45, 7) is 0. The van der Waals surface area contributed by atoms with Gasteiger partial charge in [0.05, 0.1) is 17.8 Å². The molecule has 2 N–H and O–H groups in total. The molecule has 1 aliphatic rings. The highest BCUT2D eigenvalue weighted by Gasteiger charge is 2.14. The first kappa shape index (κ1) is 14.3. The Hall–Kier alpha value is -2.68. The van der Waals surface area contributed by atoms with Crippen molar-refractivity contribution in [2.45, 2.75) is 38.1 Å². The quantitative estimate of drug-likeness (QED) is 0.900. The fraction of sp³-hybridized carbons (Fsp3) is 0.375. The Morgan fingerprint density at radius 3 is 2.86 bits per heavy atom. The number of anilines is 3. The van der Waals surface area contributed by atoms with Gasteiger partial charge in [-0.15, -0.1) is 5.10 Å². The van der Waals surface area contributed by atoms with Gasteiger partial charge in [0.15, 0.2) is 5.82 Å². The lowest BCUT2D eigenvalue weighted by Gasteiger charge is -2.22. The average molecular weight is 294 g/mol. The van der Waals surface area contributed by atoms with Gasteiger partial charge >= 0.3 is 0 Å². The molecule has 0 bridgehead atoms. The van der Waals surface area contributed by atoms with Crippen molar-refractivity contribution in [2.75, 3.05) is 10.6 Å². The van der Waals surface area contributed by atoms with Crippen LogP contribution in [0.5, 0.6) is 0 Å². The number of rotatable bonds is 4. The van der Waals surface area contributed by atoms with E-state index in [9.17, 15) is 0 Å². The Kier molecular flexibility index (Phi) is 4.44. The summed E-state index contributed by atoms with van der Waals surface area (Å²) in [4.78, 5) is 4.44. The summed E-state index contributed by atoms with van der Waals surface area (Å²) in [6.07, 6.45) is 7.71. The van der Waals surface area contributed by atoms with E-state index in [0.29, 0.717) is 23.4 Å². The monoisotopic (exact) mass is 294 g/mol. The zero-order chi connectivity index (χ0) is 15.2. The van der Waals surface area contributed by atoms with Crippen molar-refractivity contribution >= 4 is 17.5 Å². The summed E-state index contributed by atoms with van der Waals surface area (Å²) < 4.78 is 0. The Balaban J connectivity index is 1.69. The van der Waals surface area contributed by atoms with Crippen LogP contribution in [0, 0.1) is 11.3 Å². The third kappa shape index (κ3) is 3.70. The van der Waals surface area contributed by atoms with Crippen LogP contribution >= 0.6 is 0 Å². The Morgan fingerprint density at radius 2 is 2.05 bits per heavy atom. The molecule has 3 rings (SSSR count). The summed E-state index contributed by atoms with van der Waals surface area (Å²) in [6, 6.07) is 9.81. The number of hydrogen-bond acceptors (Lipinski definition) is 6. The highest BCUT2D eigenvalue weighted by molar-refractivity contribution is 5.58. The van der Waals surface area contributed by atoms with Crippen LogP contribution in [0.1, 0.15) is 37.7 Å². The van der Waals surface area contributed by atoms with Crippen LogP contribution in [0.4, 0.5) is 17.5 Å². The first-order valence-corrected chi connectivity index (χ1v) is 7.57. The van der Waals surface area contributed by atoms with E-state index in [1.54, 1.807) is 18.3 Å². The number of nitriles is 1. The van der Waals surface area contributed by atoms with Gasteiger partial charge in [-0.05, 0) is 31.0 Å². The van der Waals surface area contributed by atoms with Crippen LogP contribution in [0.3, 0.4) is 0 Å². The maximum atomic E-state index is 8.93. The maximum absolute atomic E-state index is 8.93. The van der Waals surface area contributed by atoms with Crippen LogP contribution in [0.2, 0.25) is 0 Å². The standard InChI is InChI=1S/C16H18N6/c17-10-12-5-4-8-14(9-12)19-15-11-18-22-16(21-15)20-13-6-2-1-3-7-13/h4-5,8-9,11,13H,1-3,6-7H2,(H2,19,20,21,22). The van der Waals surface area contributed by atoms with Crippen LogP contribution in [0.15, 0.2) is 30.5 Å². The van der Waals surface area contributed by atoms with Crippen molar-refractivity contribution in [1.82, 2.24) is 15.2 Å². The normalized spacial score (nSPS) is 15.0. The predicted molar refractivity (Wildman–Crippen MR) is 84.8 cm³/mol. The third-order valence-electron chi connectivity index (χ3n) is 3.76. The summed E-state index contributed by atoms with van der Waals surface area (Å²) in [5, 5.41) is 23.5. The number of aromatic nitrogens is 3. The van der Waals surface area contributed by atoms with E-state index in [4.69, 9.17) is 5.26 Å². The lowest BCUT2D eigenvalue weighted by Crippen LogP contribution is -2.23. The van der Waals surface area contributed by atoms with Gasteiger partial charge in [0, 0.05) is 11.7 Å². The van der Waals surface area contributed by atoms with Crippen LogP contribution in [-0.2, 0) is 0 Å². The lowest BCUT2D eigenvalue weighted by molar-refractivity contribution is 0.460. The fourth-order valence-electron chi connectivity index (χ4n) is 2.67. The third-order valence-corrected chi connectivity index (χ3v) is 3.76. The van der Waals surface area contributed by atoms with E-state index in [1.165, 1.54) is 19.3 Å².